The van der Waals surface area contributed by atoms with E-state index >= 15 is 0 Å². The average molecular weight is 1250 g/mol. The van der Waals surface area contributed by atoms with Gasteiger partial charge in [-0.2, -0.15) is 0 Å². The first-order valence-corrected chi connectivity index (χ1v) is 32.9. The van der Waals surface area contributed by atoms with Crippen molar-refractivity contribution in [3.63, 3.8) is 0 Å². The second kappa shape index (κ2) is 23.3. The summed E-state index contributed by atoms with van der Waals surface area (Å²) < 4.78 is 0. The molecule has 19 aromatic rings. The van der Waals surface area contributed by atoms with E-state index in [4.69, 9.17) is 19.9 Å². The molecule has 0 fully saturated rings. The molecule has 0 aliphatic heterocycles. The number of hydrogen-bond acceptors (Lipinski definition) is 8. The van der Waals surface area contributed by atoms with Crippen LogP contribution in [0.4, 0.5) is 0 Å². The van der Waals surface area contributed by atoms with Crippen molar-refractivity contribution in [2.24, 2.45) is 0 Å². The molecule has 8 heterocycles. The minimum atomic E-state index is 0.768. The summed E-state index contributed by atoms with van der Waals surface area (Å²) in [5.74, 6) is 0. The fourth-order valence-electron chi connectivity index (χ4n) is 14.7. The molecule has 454 valence electrons. The Morgan fingerprint density at radius 1 is 0.163 bits per heavy atom. The number of pyridine rings is 8. The zero-order valence-corrected chi connectivity index (χ0v) is 52.8. The summed E-state index contributed by atoms with van der Waals surface area (Å²) in [6, 6.07) is 99.5. The van der Waals surface area contributed by atoms with Crippen LogP contribution >= 0.6 is 0 Å². The highest BCUT2D eigenvalue weighted by molar-refractivity contribution is 6.18. The summed E-state index contributed by atoms with van der Waals surface area (Å²) in [6.07, 6.45) is 15.0. The number of benzene rings is 11. The van der Waals surface area contributed by atoms with Gasteiger partial charge in [0.25, 0.3) is 0 Å². The molecule has 0 atom stereocenters. The summed E-state index contributed by atoms with van der Waals surface area (Å²) >= 11 is 0. The average Bonchev–Trinajstić information content (AvgIpc) is 0.744. The molecule has 0 aliphatic carbocycles. The lowest BCUT2D eigenvalue weighted by atomic mass is 9.91. The van der Waals surface area contributed by atoms with Gasteiger partial charge in [-0.25, -0.2) is 19.9 Å². The van der Waals surface area contributed by atoms with E-state index in [9.17, 15) is 0 Å². The summed E-state index contributed by atoms with van der Waals surface area (Å²) in [4.78, 5) is 41.5. The molecular formula is C90H54N8. The normalized spacial score (nSPS) is 11.7. The van der Waals surface area contributed by atoms with E-state index in [1.165, 1.54) is 54.2 Å². The molecule has 11 aromatic carbocycles. The second-order valence-electron chi connectivity index (χ2n) is 25.0. The number of nitrogens with zero attached hydrogens (tertiary/aromatic N) is 8. The first-order valence-electron chi connectivity index (χ1n) is 32.9. The van der Waals surface area contributed by atoms with Gasteiger partial charge in [0, 0.05) is 116 Å². The number of aromatic nitrogens is 8. The smallest absolute Gasteiger partial charge is 0.0978 e. The SMILES string of the molecule is c1cc(-c2cc(-c3cccnc3)c3ccc4c(-c5cccnc5)cc(-c5cccc(-c6cc7ccccc7c7ccccc67)c5)nc4c3n2)cc(-c2cc(-c3cccnc3)c3ccc4c(-c5cccnc5)cc(-c5cccc(-c6cc7ccccc7c7ccccc67)c5)nc4c3n2)c1. The quantitative estimate of drug-likeness (QED) is 0.125. The molecule has 0 spiro atoms. The van der Waals surface area contributed by atoms with Crippen LogP contribution in [0.5, 0.6) is 0 Å². The van der Waals surface area contributed by atoms with E-state index in [1.54, 1.807) is 0 Å². The topological polar surface area (TPSA) is 103 Å². The van der Waals surface area contributed by atoms with Crippen molar-refractivity contribution >= 4 is 86.7 Å². The van der Waals surface area contributed by atoms with Gasteiger partial charge >= 0.3 is 0 Å². The number of rotatable bonds is 10. The van der Waals surface area contributed by atoms with Gasteiger partial charge < -0.3 is 0 Å². The van der Waals surface area contributed by atoms with E-state index in [1.807, 2.05) is 73.8 Å². The summed E-state index contributed by atoms with van der Waals surface area (Å²) in [5, 5.41) is 13.6. The van der Waals surface area contributed by atoms with Gasteiger partial charge in [0.15, 0.2) is 0 Å². The molecule has 98 heavy (non-hydrogen) atoms. The van der Waals surface area contributed by atoms with Crippen LogP contribution in [0.15, 0.2) is 329 Å². The third-order valence-electron chi connectivity index (χ3n) is 19.3. The van der Waals surface area contributed by atoms with Gasteiger partial charge in [-0.3, -0.25) is 19.9 Å². The maximum atomic E-state index is 5.74. The predicted octanol–water partition coefficient (Wildman–Crippen LogP) is 22.7. The molecule has 8 heteroatoms. The van der Waals surface area contributed by atoms with E-state index < -0.39 is 0 Å². The molecule has 0 amide bonds. The zero-order valence-electron chi connectivity index (χ0n) is 52.8. The molecule has 0 bridgehead atoms. The van der Waals surface area contributed by atoms with E-state index in [0.717, 1.165) is 144 Å². The highest BCUT2D eigenvalue weighted by Crippen LogP contribution is 2.45. The Bertz CT molecular complexity index is 6030. The molecule has 0 N–H and O–H groups in total. The monoisotopic (exact) mass is 1250 g/mol. The molecule has 19 rings (SSSR count). The first kappa shape index (κ1) is 56.3. The Balaban J connectivity index is 0.801. The maximum Gasteiger partial charge on any atom is 0.0978 e. The van der Waals surface area contributed by atoms with Crippen LogP contribution < -0.4 is 0 Å². The highest BCUT2D eigenvalue weighted by Gasteiger charge is 2.22. The van der Waals surface area contributed by atoms with Gasteiger partial charge in [0.2, 0.25) is 0 Å². The van der Waals surface area contributed by atoms with Gasteiger partial charge in [-0.15, -0.1) is 0 Å². The summed E-state index contributed by atoms with van der Waals surface area (Å²) in [7, 11) is 0. The van der Waals surface area contributed by atoms with Crippen LogP contribution in [-0.2, 0) is 0 Å². The molecule has 8 aromatic heterocycles. The fourth-order valence-corrected chi connectivity index (χ4v) is 14.7. The van der Waals surface area contributed by atoms with Crippen molar-refractivity contribution in [1.29, 1.82) is 0 Å². The first-order chi connectivity index (χ1) is 48.6. The van der Waals surface area contributed by atoms with E-state index in [-0.39, 0.29) is 0 Å². The minimum Gasteiger partial charge on any atom is -0.264 e. The van der Waals surface area contributed by atoms with E-state index in [0.29, 0.717) is 0 Å². The van der Waals surface area contributed by atoms with Gasteiger partial charge in [-0.1, -0.05) is 200 Å². The Hall–Kier alpha value is -13.3. The third-order valence-corrected chi connectivity index (χ3v) is 19.3. The lowest BCUT2D eigenvalue weighted by molar-refractivity contribution is 1.32. The van der Waals surface area contributed by atoms with Crippen molar-refractivity contribution in [2.45, 2.75) is 0 Å². The van der Waals surface area contributed by atoms with Gasteiger partial charge in [0.05, 0.1) is 44.8 Å². The predicted molar refractivity (Wildman–Crippen MR) is 403 cm³/mol. The minimum absolute atomic E-state index is 0.768. The Morgan fingerprint density at radius 3 is 0.724 bits per heavy atom. The van der Waals surface area contributed by atoms with Crippen molar-refractivity contribution in [3.05, 3.63) is 329 Å². The van der Waals surface area contributed by atoms with Crippen LogP contribution in [0.1, 0.15) is 0 Å². The fraction of sp³-hybridized carbons (Fsp3) is 0. The van der Waals surface area contributed by atoms with Gasteiger partial charge in [0.1, 0.15) is 0 Å². The van der Waals surface area contributed by atoms with Crippen molar-refractivity contribution in [1.82, 2.24) is 39.9 Å². The largest absolute Gasteiger partial charge is 0.264 e. The van der Waals surface area contributed by atoms with Crippen LogP contribution in [-0.4, -0.2) is 39.9 Å². The van der Waals surface area contributed by atoms with Crippen LogP contribution in [0.25, 0.3) is 198 Å². The lowest BCUT2D eigenvalue weighted by Gasteiger charge is -2.17. The molecular weight excluding hydrogens is 1190 g/mol. The Morgan fingerprint density at radius 2 is 0.418 bits per heavy atom. The van der Waals surface area contributed by atoms with Crippen molar-refractivity contribution < 1.29 is 0 Å². The van der Waals surface area contributed by atoms with Gasteiger partial charge in [-0.05, 0) is 166 Å². The number of hydrogen-bond donors (Lipinski definition) is 0. The second-order valence-corrected chi connectivity index (χ2v) is 25.0. The van der Waals surface area contributed by atoms with Crippen LogP contribution in [0.3, 0.4) is 0 Å². The summed E-state index contributed by atoms with van der Waals surface area (Å²) in [5.41, 5.74) is 22.5. The van der Waals surface area contributed by atoms with E-state index in [2.05, 4.69) is 275 Å². The van der Waals surface area contributed by atoms with Crippen molar-refractivity contribution in [2.75, 3.05) is 0 Å². The molecule has 0 saturated heterocycles. The molecule has 0 saturated carbocycles. The maximum absolute atomic E-state index is 5.74. The standard InChI is InChI=1S/C90H54N8/c1-3-28-67-57(16-1)45-77(71-32-7-5-30-69(67)71)55-18-9-20-59(42-55)83-47-79(63-24-12-38-91-51-63)73-34-36-75-81(65-26-14-40-93-53-65)49-85(97-89(75)87(73)95-83)61-22-11-23-62(44-61)86-50-82(66-27-15-41-94-54-66)76-37-35-74-80(64-25-13-39-92-52-64)48-84(96-88(74)90(76)98-86)60-21-10-19-56(43-60)78-46-58-17-2-4-29-68(58)70-31-6-8-33-72(70)78/h1-54H. The third kappa shape index (κ3) is 9.69. The molecule has 0 unspecified atom stereocenters. The Kier molecular flexibility index (Phi) is 13.4. The zero-order chi connectivity index (χ0) is 64.6. The van der Waals surface area contributed by atoms with Crippen LogP contribution in [0, 0.1) is 0 Å². The Labute approximate surface area is 563 Å². The number of fused-ring (bicyclic) bond motifs is 12. The lowest BCUT2D eigenvalue weighted by Crippen LogP contribution is -1.97. The molecule has 8 nitrogen and oxygen atoms in total. The van der Waals surface area contributed by atoms with Crippen molar-refractivity contribution in [3.8, 4) is 112 Å². The van der Waals surface area contributed by atoms with Crippen LogP contribution in [0.2, 0.25) is 0 Å². The highest BCUT2D eigenvalue weighted by atomic mass is 14.8. The molecule has 0 radical (unpaired) electrons. The summed E-state index contributed by atoms with van der Waals surface area (Å²) in [6.45, 7) is 0. The molecule has 0 aliphatic rings.